The normalized spacial score (nSPS) is 23.1. The molecule has 2 N–H and O–H groups in total. The van der Waals surface area contributed by atoms with Crippen molar-refractivity contribution >= 4 is 29.3 Å². The van der Waals surface area contributed by atoms with Gasteiger partial charge in [0.2, 0.25) is 11.8 Å². The molecule has 37 heavy (non-hydrogen) atoms. The molecule has 1 atom stereocenters. The molecule has 3 aliphatic rings. The van der Waals surface area contributed by atoms with Crippen LogP contribution in [0.5, 0.6) is 0 Å². The highest BCUT2D eigenvalue weighted by Crippen LogP contribution is 2.38. The van der Waals surface area contributed by atoms with Gasteiger partial charge in [-0.2, -0.15) is 5.10 Å². The minimum atomic E-state index is -0.960. The number of imide groups is 2. The Morgan fingerprint density at radius 3 is 2.59 bits per heavy atom. The first-order valence-corrected chi connectivity index (χ1v) is 12.5. The standard InChI is InChI=1S/C27H26N6O4/c1-15-3-2-4-21(29-15)22-9-10-32(31-22)18-11-16(12-18)14-28-17-5-6-19-20(13-17)27(37)33(26(19)36)23-7-8-24(34)30-25(23)35/h2-6,9-10,13,16,18,23,28H,7-8,11-12,14H2,1H3,(H,30,34,35). The maximum absolute atomic E-state index is 13.0. The summed E-state index contributed by atoms with van der Waals surface area (Å²) in [7, 11) is 0. The third-order valence-corrected chi connectivity index (χ3v) is 7.38. The minimum absolute atomic E-state index is 0.0989. The SMILES string of the molecule is Cc1cccc(-c2ccn(C3CC(CNc4ccc5c(c4)C(=O)N(C4CCC(=O)NC4=O)C5=O)C3)n2)n1. The highest BCUT2D eigenvalue weighted by molar-refractivity contribution is 6.23. The lowest BCUT2D eigenvalue weighted by Gasteiger charge is -2.35. The van der Waals surface area contributed by atoms with Crippen LogP contribution in [0.1, 0.15) is 58.1 Å². The van der Waals surface area contributed by atoms with Gasteiger partial charge in [-0.05, 0) is 68.5 Å². The summed E-state index contributed by atoms with van der Waals surface area (Å²) in [6.45, 7) is 2.70. The van der Waals surface area contributed by atoms with Crippen molar-refractivity contribution in [2.75, 3.05) is 11.9 Å². The minimum Gasteiger partial charge on any atom is -0.385 e. The number of fused-ring (bicyclic) bond motifs is 1. The van der Waals surface area contributed by atoms with Gasteiger partial charge >= 0.3 is 0 Å². The summed E-state index contributed by atoms with van der Waals surface area (Å²) in [5, 5.41) is 10.3. The van der Waals surface area contributed by atoms with E-state index < -0.39 is 23.8 Å². The molecule has 1 saturated heterocycles. The third kappa shape index (κ3) is 4.18. The van der Waals surface area contributed by atoms with Crippen molar-refractivity contribution in [2.45, 2.75) is 44.7 Å². The van der Waals surface area contributed by atoms with Gasteiger partial charge in [-0.15, -0.1) is 0 Å². The second-order valence-electron chi connectivity index (χ2n) is 9.92. The molecule has 6 rings (SSSR count). The van der Waals surface area contributed by atoms with Crippen molar-refractivity contribution < 1.29 is 19.2 Å². The molecule has 1 saturated carbocycles. The molecule has 10 heteroatoms. The molecule has 2 aliphatic heterocycles. The molecule has 1 aromatic carbocycles. The first-order chi connectivity index (χ1) is 17.9. The van der Waals surface area contributed by atoms with Gasteiger partial charge in [-0.3, -0.25) is 39.1 Å². The monoisotopic (exact) mass is 498 g/mol. The van der Waals surface area contributed by atoms with Gasteiger partial charge in [0.1, 0.15) is 11.7 Å². The Balaban J connectivity index is 1.06. The number of amides is 4. The Morgan fingerprint density at radius 1 is 1.00 bits per heavy atom. The van der Waals surface area contributed by atoms with Crippen LogP contribution in [-0.4, -0.2) is 55.9 Å². The first kappa shape index (κ1) is 23.1. The summed E-state index contributed by atoms with van der Waals surface area (Å²) in [5.41, 5.74) is 4.01. The maximum Gasteiger partial charge on any atom is 0.262 e. The molecule has 2 aromatic heterocycles. The molecule has 10 nitrogen and oxygen atoms in total. The van der Waals surface area contributed by atoms with Crippen molar-refractivity contribution in [3.8, 4) is 11.4 Å². The van der Waals surface area contributed by atoms with E-state index in [-0.39, 0.29) is 29.9 Å². The average molecular weight is 499 g/mol. The predicted octanol–water partition coefficient (Wildman–Crippen LogP) is 2.72. The molecule has 1 unspecified atom stereocenters. The Morgan fingerprint density at radius 2 is 1.81 bits per heavy atom. The summed E-state index contributed by atoms with van der Waals surface area (Å²) < 4.78 is 2.01. The number of hydrogen-bond acceptors (Lipinski definition) is 7. The summed E-state index contributed by atoms with van der Waals surface area (Å²) in [6.07, 6.45) is 4.22. The van der Waals surface area contributed by atoms with Crippen molar-refractivity contribution in [1.82, 2.24) is 25.0 Å². The fraction of sp³-hybridized carbons (Fsp3) is 0.333. The van der Waals surface area contributed by atoms with E-state index in [2.05, 4.69) is 15.6 Å². The molecule has 2 fully saturated rings. The highest BCUT2D eigenvalue weighted by atomic mass is 16.2. The molecule has 1 aliphatic carbocycles. The van der Waals surface area contributed by atoms with Crippen molar-refractivity contribution in [2.24, 2.45) is 5.92 Å². The maximum atomic E-state index is 13.0. The lowest BCUT2D eigenvalue weighted by atomic mass is 9.80. The third-order valence-electron chi connectivity index (χ3n) is 7.38. The zero-order valence-corrected chi connectivity index (χ0v) is 20.3. The van der Waals surface area contributed by atoms with E-state index in [1.54, 1.807) is 18.2 Å². The van der Waals surface area contributed by atoms with Crippen LogP contribution in [0.25, 0.3) is 11.4 Å². The number of anilines is 1. The van der Waals surface area contributed by atoms with Crippen LogP contribution in [0.4, 0.5) is 5.69 Å². The Bertz CT molecular complexity index is 1440. The van der Waals surface area contributed by atoms with Gasteiger partial charge in [-0.25, -0.2) is 0 Å². The lowest BCUT2D eigenvalue weighted by molar-refractivity contribution is -0.136. The average Bonchev–Trinajstić information content (AvgIpc) is 3.42. The van der Waals surface area contributed by atoms with Crippen LogP contribution in [0.2, 0.25) is 0 Å². The van der Waals surface area contributed by atoms with E-state index in [0.717, 1.165) is 47.1 Å². The molecule has 0 radical (unpaired) electrons. The summed E-state index contributed by atoms with van der Waals surface area (Å²) >= 11 is 0. The number of carbonyl (C=O) groups excluding carboxylic acids is 4. The number of nitrogens with one attached hydrogen (secondary N) is 2. The number of nitrogens with zero attached hydrogens (tertiary/aromatic N) is 4. The van der Waals surface area contributed by atoms with Crippen molar-refractivity contribution in [1.29, 1.82) is 0 Å². The molecule has 3 aromatic rings. The number of hydrogen-bond donors (Lipinski definition) is 2. The van der Waals surface area contributed by atoms with E-state index in [1.807, 2.05) is 42.1 Å². The molecule has 188 valence electrons. The number of pyridine rings is 1. The van der Waals surface area contributed by atoms with E-state index in [9.17, 15) is 19.2 Å². The smallest absolute Gasteiger partial charge is 0.262 e. The predicted molar refractivity (Wildman–Crippen MR) is 134 cm³/mol. The number of aromatic nitrogens is 3. The van der Waals surface area contributed by atoms with Crippen molar-refractivity contribution in [3.05, 3.63) is 65.5 Å². The molecular weight excluding hydrogens is 472 g/mol. The Hall–Kier alpha value is -4.34. The number of carbonyl (C=O) groups is 4. The lowest BCUT2D eigenvalue weighted by Crippen LogP contribution is -2.54. The second-order valence-corrected chi connectivity index (χ2v) is 9.92. The zero-order valence-electron chi connectivity index (χ0n) is 20.3. The molecule has 4 amide bonds. The second kappa shape index (κ2) is 8.95. The number of rotatable bonds is 6. The van der Waals surface area contributed by atoms with Gasteiger partial charge in [-0.1, -0.05) is 6.07 Å². The number of benzene rings is 1. The van der Waals surface area contributed by atoms with E-state index >= 15 is 0 Å². The fourth-order valence-electron chi connectivity index (χ4n) is 5.29. The fourth-order valence-corrected chi connectivity index (χ4v) is 5.29. The highest BCUT2D eigenvalue weighted by Gasteiger charge is 2.44. The van der Waals surface area contributed by atoms with Crippen LogP contribution in [-0.2, 0) is 9.59 Å². The Labute approximate surface area is 213 Å². The Kier molecular flexibility index (Phi) is 5.58. The number of aryl methyl sites for hydroxylation is 1. The van der Waals surface area contributed by atoms with Crippen LogP contribution in [0.3, 0.4) is 0 Å². The van der Waals surface area contributed by atoms with Crippen LogP contribution < -0.4 is 10.6 Å². The van der Waals surface area contributed by atoms with Crippen LogP contribution in [0, 0.1) is 12.8 Å². The van der Waals surface area contributed by atoms with Crippen molar-refractivity contribution in [3.63, 3.8) is 0 Å². The van der Waals surface area contributed by atoms with Gasteiger partial charge in [0, 0.05) is 30.5 Å². The molecule has 4 heterocycles. The largest absolute Gasteiger partial charge is 0.385 e. The summed E-state index contributed by atoms with van der Waals surface area (Å²) in [6, 6.07) is 12.4. The molecule has 0 bridgehead atoms. The summed E-state index contributed by atoms with van der Waals surface area (Å²) in [5.74, 6) is -1.54. The molecule has 0 spiro atoms. The topological polar surface area (TPSA) is 126 Å². The quantitative estimate of drug-likeness (QED) is 0.501. The van der Waals surface area contributed by atoms with Crippen LogP contribution >= 0.6 is 0 Å². The molecular formula is C27H26N6O4. The summed E-state index contributed by atoms with van der Waals surface area (Å²) in [4.78, 5) is 55.1. The van der Waals surface area contributed by atoms with E-state index in [1.165, 1.54) is 0 Å². The van der Waals surface area contributed by atoms with Gasteiger partial charge < -0.3 is 5.32 Å². The zero-order chi connectivity index (χ0) is 25.7. The van der Waals surface area contributed by atoms with Gasteiger partial charge in [0.25, 0.3) is 11.8 Å². The van der Waals surface area contributed by atoms with Gasteiger partial charge in [0.15, 0.2) is 0 Å². The number of piperidine rings is 1. The van der Waals surface area contributed by atoms with Gasteiger partial charge in [0.05, 0.1) is 22.9 Å². The first-order valence-electron chi connectivity index (χ1n) is 12.5. The van der Waals surface area contributed by atoms with E-state index in [0.29, 0.717) is 12.0 Å². The van der Waals surface area contributed by atoms with Crippen LogP contribution in [0.15, 0.2) is 48.7 Å². The van der Waals surface area contributed by atoms with E-state index in [4.69, 9.17) is 5.10 Å².